The Morgan fingerprint density at radius 2 is 1.96 bits per heavy atom. The third kappa shape index (κ3) is 3.75. The summed E-state index contributed by atoms with van der Waals surface area (Å²) in [4.78, 5) is 38.4. The number of hydrogen-bond donors (Lipinski definition) is 1. The second kappa shape index (κ2) is 7.99. The maximum absolute atomic E-state index is 12.9. The van der Waals surface area contributed by atoms with E-state index in [1.165, 1.54) is 12.1 Å². The second-order valence-electron chi connectivity index (χ2n) is 5.92. The first-order valence-corrected chi connectivity index (χ1v) is 8.63. The molecule has 0 saturated carbocycles. The van der Waals surface area contributed by atoms with Crippen molar-refractivity contribution in [3.05, 3.63) is 64.2 Å². The van der Waals surface area contributed by atoms with Crippen molar-refractivity contribution < 1.29 is 19.1 Å². The van der Waals surface area contributed by atoms with Crippen molar-refractivity contribution in [2.45, 2.75) is 6.92 Å². The van der Waals surface area contributed by atoms with Gasteiger partial charge in [-0.1, -0.05) is 41.8 Å². The first-order valence-electron chi connectivity index (χ1n) is 8.25. The fourth-order valence-electron chi connectivity index (χ4n) is 2.62. The van der Waals surface area contributed by atoms with Crippen molar-refractivity contribution in [3.8, 4) is 18.1 Å². The van der Waals surface area contributed by atoms with Crippen molar-refractivity contribution in [3.63, 3.8) is 0 Å². The van der Waals surface area contributed by atoms with Gasteiger partial charge in [0.1, 0.15) is 17.9 Å². The average Bonchev–Trinajstić information content (AvgIpc) is 2.67. The minimum atomic E-state index is -0.844. The van der Waals surface area contributed by atoms with Crippen molar-refractivity contribution >= 4 is 41.2 Å². The summed E-state index contributed by atoms with van der Waals surface area (Å²) in [6.07, 6.45) is 6.57. The Kier molecular flexibility index (Phi) is 5.48. The summed E-state index contributed by atoms with van der Waals surface area (Å²) in [6, 6.07) is 10.7. The van der Waals surface area contributed by atoms with Gasteiger partial charge in [-0.25, -0.2) is 9.69 Å². The van der Waals surface area contributed by atoms with Crippen LogP contribution in [0.1, 0.15) is 11.1 Å². The van der Waals surface area contributed by atoms with Crippen molar-refractivity contribution in [1.82, 2.24) is 5.32 Å². The van der Waals surface area contributed by atoms with Gasteiger partial charge in [-0.15, -0.1) is 6.42 Å². The number of barbiturate groups is 1. The molecule has 2 aromatic carbocycles. The van der Waals surface area contributed by atoms with Gasteiger partial charge in [-0.05, 0) is 36.8 Å². The fourth-order valence-corrected chi connectivity index (χ4v) is 2.79. The van der Waals surface area contributed by atoms with Crippen LogP contribution in [0.3, 0.4) is 0 Å². The van der Waals surface area contributed by atoms with Gasteiger partial charge in [0.05, 0.1) is 5.69 Å². The van der Waals surface area contributed by atoms with E-state index in [2.05, 4.69) is 11.2 Å². The molecule has 140 valence electrons. The lowest BCUT2D eigenvalue weighted by molar-refractivity contribution is -0.122. The number of aryl methyl sites for hydroxylation is 1. The van der Waals surface area contributed by atoms with Gasteiger partial charge in [0.2, 0.25) is 0 Å². The molecule has 0 unspecified atom stereocenters. The molecule has 0 aromatic heterocycles. The van der Waals surface area contributed by atoms with Gasteiger partial charge in [0, 0.05) is 10.6 Å². The molecule has 0 bridgehead atoms. The fraction of sp³-hybridized carbons (Fsp3) is 0.0952. The highest BCUT2D eigenvalue weighted by atomic mass is 35.5. The van der Waals surface area contributed by atoms with E-state index in [0.29, 0.717) is 16.3 Å². The molecule has 3 rings (SSSR count). The first kappa shape index (κ1) is 19.2. The van der Waals surface area contributed by atoms with E-state index < -0.39 is 17.8 Å². The third-order valence-electron chi connectivity index (χ3n) is 4.05. The van der Waals surface area contributed by atoms with E-state index in [0.717, 1.165) is 10.5 Å². The van der Waals surface area contributed by atoms with Crippen LogP contribution in [0, 0.1) is 19.3 Å². The zero-order valence-electron chi connectivity index (χ0n) is 14.9. The molecule has 0 aliphatic carbocycles. The van der Waals surface area contributed by atoms with Crippen LogP contribution in [-0.2, 0) is 9.59 Å². The number of anilines is 1. The van der Waals surface area contributed by atoms with Crippen LogP contribution in [0.4, 0.5) is 10.5 Å². The van der Waals surface area contributed by atoms with Gasteiger partial charge in [0.15, 0.2) is 0 Å². The molecule has 28 heavy (non-hydrogen) atoms. The number of hydrogen-bond acceptors (Lipinski definition) is 4. The Hall–Kier alpha value is -3.56. The molecule has 1 saturated heterocycles. The zero-order chi connectivity index (χ0) is 20.3. The van der Waals surface area contributed by atoms with E-state index in [9.17, 15) is 14.4 Å². The molecule has 1 aliphatic rings. The summed E-state index contributed by atoms with van der Waals surface area (Å²) in [5.41, 5.74) is 1.32. The zero-order valence-corrected chi connectivity index (χ0v) is 15.6. The van der Waals surface area contributed by atoms with E-state index in [4.69, 9.17) is 22.8 Å². The number of nitrogens with one attached hydrogen (secondary N) is 1. The smallest absolute Gasteiger partial charge is 0.335 e. The van der Waals surface area contributed by atoms with Gasteiger partial charge >= 0.3 is 6.03 Å². The van der Waals surface area contributed by atoms with Gasteiger partial charge in [0.25, 0.3) is 11.8 Å². The lowest BCUT2D eigenvalue weighted by atomic mass is 10.1. The average molecular weight is 395 g/mol. The molecule has 1 heterocycles. The third-order valence-corrected chi connectivity index (χ3v) is 4.45. The van der Waals surface area contributed by atoms with Gasteiger partial charge < -0.3 is 4.74 Å². The second-order valence-corrected chi connectivity index (χ2v) is 6.33. The quantitative estimate of drug-likeness (QED) is 0.490. The Morgan fingerprint density at radius 1 is 1.21 bits per heavy atom. The lowest BCUT2D eigenvalue weighted by Gasteiger charge is -2.26. The molecule has 2 aromatic rings. The minimum Gasteiger partial charge on any atom is -0.480 e. The number of carbonyl (C=O) groups excluding carboxylic acids is 3. The minimum absolute atomic E-state index is 0.0345. The summed E-state index contributed by atoms with van der Waals surface area (Å²) in [5, 5.41) is 2.56. The number of carbonyl (C=O) groups is 3. The van der Waals surface area contributed by atoms with E-state index >= 15 is 0 Å². The summed E-state index contributed by atoms with van der Waals surface area (Å²) in [5.74, 6) is 1.21. The summed E-state index contributed by atoms with van der Waals surface area (Å²) < 4.78 is 5.44. The van der Waals surface area contributed by atoms with Gasteiger partial charge in [-0.2, -0.15) is 0 Å². The number of ether oxygens (including phenoxy) is 1. The normalized spacial score (nSPS) is 15.4. The number of halogens is 1. The van der Waals surface area contributed by atoms with Crippen LogP contribution in [0.25, 0.3) is 6.08 Å². The Bertz CT molecular complexity index is 1050. The number of benzene rings is 2. The molecular formula is C21H15ClN2O4. The maximum Gasteiger partial charge on any atom is 0.335 e. The van der Waals surface area contributed by atoms with E-state index in [-0.39, 0.29) is 17.9 Å². The highest BCUT2D eigenvalue weighted by Crippen LogP contribution is 2.28. The lowest BCUT2D eigenvalue weighted by Crippen LogP contribution is -2.54. The first-order chi connectivity index (χ1) is 13.4. The summed E-state index contributed by atoms with van der Waals surface area (Å²) >= 11 is 6.11. The molecule has 1 fully saturated rings. The molecule has 4 amide bonds. The molecule has 0 radical (unpaired) electrons. The molecule has 1 N–H and O–H groups in total. The number of para-hydroxylation sites is 1. The van der Waals surface area contributed by atoms with Crippen LogP contribution >= 0.6 is 11.6 Å². The topological polar surface area (TPSA) is 75.7 Å². The number of rotatable bonds is 4. The van der Waals surface area contributed by atoms with Crippen LogP contribution in [0.5, 0.6) is 5.75 Å². The van der Waals surface area contributed by atoms with Gasteiger partial charge in [-0.3, -0.25) is 14.9 Å². The Balaban J connectivity index is 2.02. The molecular weight excluding hydrogens is 380 g/mol. The highest BCUT2D eigenvalue weighted by molar-refractivity contribution is 6.39. The molecule has 0 atom stereocenters. The molecule has 0 spiro atoms. The highest BCUT2D eigenvalue weighted by Gasteiger charge is 2.37. The number of imide groups is 2. The summed E-state index contributed by atoms with van der Waals surface area (Å²) in [7, 11) is 0. The van der Waals surface area contributed by atoms with Crippen LogP contribution in [0.15, 0.2) is 48.0 Å². The SMILES string of the molecule is C#CCOc1ccccc1/C=C1\C(=O)NC(=O)N(c2ccc(C)c(Cl)c2)C1=O. The van der Waals surface area contributed by atoms with Crippen molar-refractivity contribution in [2.75, 3.05) is 11.5 Å². The molecule has 1 aliphatic heterocycles. The Morgan fingerprint density at radius 3 is 2.68 bits per heavy atom. The summed E-state index contributed by atoms with van der Waals surface area (Å²) in [6.45, 7) is 1.83. The predicted octanol–water partition coefficient (Wildman–Crippen LogP) is 3.33. The number of urea groups is 1. The van der Waals surface area contributed by atoms with E-state index in [1.54, 1.807) is 43.3 Å². The molecule has 7 heteroatoms. The predicted molar refractivity (Wildman–Crippen MR) is 106 cm³/mol. The number of nitrogens with zero attached hydrogens (tertiary/aromatic N) is 1. The van der Waals surface area contributed by atoms with Crippen LogP contribution in [-0.4, -0.2) is 24.5 Å². The monoisotopic (exact) mass is 394 g/mol. The van der Waals surface area contributed by atoms with Crippen molar-refractivity contribution in [2.24, 2.45) is 0 Å². The number of amides is 4. The van der Waals surface area contributed by atoms with E-state index in [1.807, 2.05) is 0 Å². The molecule has 6 nitrogen and oxygen atoms in total. The maximum atomic E-state index is 12.9. The largest absolute Gasteiger partial charge is 0.480 e. The van der Waals surface area contributed by atoms with Crippen LogP contribution in [0.2, 0.25) is 5.02 Å². The van der Waals surface area contributed by atoms with Crippen LogP contribution < -0.4 is 15.0 Å². The Labute approximate surface area is 166 Å². The standard InChI is InChI=1S/C21H15ClN2O4/c1-3-10-28-18-7-5-4-6-14(18)11-16-19(25)23-21(27)24(20(16)26)15-9-8-13(2)17(22)12-15/h1,4-9,11-12H,10H2,2H3,(H,23,25,27)/b16-11+. The number of terminal acetylenes is 1. The van der Waals surface area contributed by atoms with Crippen molar-refractivity contribution in [1.29, 1.82) is 0 Å².